The van der Waals surface area contributed by atoms with Crippen molar-refractivity contribution >= 4 is 38.8 Å². The summed E-state index contributed by atoms with van der Waals surface area (Å²) < 4.78 is 2.39. The van der Waals surface area contributed by atoms with Gasteiger partial charge in [-0.2, -0.15) is 0 Å². The second-order valence-corrected chi connectivity index (χ2v) is 16.4. The number of hydrogen-bond acceptors (Lipinski definition) is 1. The number of hydrogen-bond donors (Lipinski definition) is 0. The predicted molar refractivity (Wildman–Crippen MR) is 255 cm³/mol. The average Bonchev–Trinajstić information content (AvgIpc) is 3.67. The number of para-hydroxylation sites is 3. The van der Waals surface area contributed by atoms with Crippen LogP contribution in [0.1, 0.15) is 61.3 Å². The first-order valence-electron chi connectivity index (χ1n) is 21.5. The van der Waals surface area contributed by atoms with Crippen molar-refractivity contribution in [2.24, 2.45) is 5.92 Å². The molecular weight excluding hydrogens is 725 g/mol. The Morgan fingerprint density at radius 1 is 0.733 bits per heavy atom. The first-order chi connectivity index (χ1) is 29.6. The van der Waals surface area contributed by atoms with Crippen LogP contribution in [0, 0.1) is 5.92 Å². The third kappa shape index (κ3) is 6.18. The molecule has 1 heterocycles. The second-order valence-electron chi connectivity index (χ2n) is 16.4. The van der Waals surface area contributed by atoms with E-state index in [0.717, 1.165) is 30.6 Å². The number of allylic oxidation sites excluding steroid dienone is 12. The minimum atomic E-state index is -0.469. The summed E-state index contributed by atoms with van der Waals surface area (Å²) in [6, 6.07) is 55.7. The summed E-state index contributed by atoms with van der Waals surface area (Å²) in [6.07, 6.45) is 23.9. The van der Waals surface area contributed by atoms with Gasteiger partial charge in [-0.05, 0) is 126 Å². The van der Waals surface area contributed by atoms with Crippen molar-refractivity contribution < 1.29 is 0 Å². The summed E-state index contributed by atoms with van der Waals surface area (Å²) in [4.78, 5) is 2.45. The topological polar surface area (TPSA) is 8.17 Å². The molecule has 3 atom stereocenters. The van der Waals surface area contributed by atoms with Gasteiger partial charge in [0.25, 0.3) is 0 Å². The van der Waals surface area contributed by atoms with Crippen LogP contribution in [0.25, 0.3) is 33.1 Å². The van der Waals surface area contributed by atoms with Crippen LogP contribution in [-0.4, -0.2) is 4.57 Å². The number of benzene rings is 6. The summed E-state index contributed by atoms with van der Waals surface area (Å²) in [5.74, 6) is 0.784. The molecule has 10 rings (SSSR count). The zero-order valence-corrected chi connectivity index (χ0v) is 34.5. The van der Waals surface area contributed by atoms with E-state index in [1.54, 1.807) is 0 Å². The van der Waals surface area contributed by atoms with E-state index in [1.807, 2.05) is 0 Å². The minimum Gasteiger partial charge on any atom is -0.311 e. The van der Waals surface area contributed by atoms with Crippen LogP contribution in [0.5, 0.6) is 0 Å². The van der Waals surface area contributed by atoms with Crippen LogP contribution in [0.15, 0.2) is 230 Å². The molecule has 2 heteroatoms. The molecule has 2 nitrogen and oxygen atoms in total. The first kappa shape index (κ1) is 37.4. The number of aromatic nitrogens is 1. The molecule has 7 aromatic rings. The van der Waals surface area contributed by atoms with Gasteiger partial charge >= 0.3 is 0 Å². The van der Waals surface area contributed by atoms with Crippen molar-refractivity contribution in [2.45, 2.75) is 44.4 Å². The summed E-state index contributed by atoms with van der Waals surface area (Å²) in [5.41, 5.74) is 15.7. The van der Waals surface area contributed by atoms with E-state index >= 15 is 0 Å². The van der Waals surface area contributed by atoms with E-state index in [2.05, 4.69) is 236 Å². The Morgan fingerprint density at radius 2 is 1.47 bits per heavy atom. The highest BCUT2D eigenvalue weighted by atomic mass is 15.1. The maximum Gasteiger partial charge on any atom is 0.0677 e. The Morgan fingerprint density at radius 3 is 2.22 bits per heavy atom. The van der Waals surface area contributed by atoms with E-state index in [9.17, 15) is 0 Å². The van der Waals surface area contributed by atoms with E-state index < -0.39 is 5.41 Å². The Bertz CT molecular complexity index is 2930. The Kier molecular flexibility index (Phi) is 9.78. The maximum atomic E-state index is 4.41. The highest BCUT2D eigenvalue weighted by molar-refractivity contribution is 6.09. The smallest absolute Gasteiger partial charge is 0.0677 e. The third-order valence-electron chi connectivity index (χ3n) is 13.0. The molecule has 1 aromatic heterocycles. The zero-order valence-electron chi connectivity index (χ0n) is 34.5. The lowest BCUT2D eigenvalue weighted by Crippen LogP contribution is -2.31. The standard InChI is InChI=1S/C58H50N2/c1-4-18-54-50(5-2)51-37-36-49(40-55(51)58(54,44-20-9-6-10-21-44)45-22-17-19-41(3)29-33-45)59(46-23-11-7-12-24-46)48-34-30-42(31-35-48)43-32-38-57-53(39-43)52-27-15-16-28-56(52)60(57)47-25-13-8-14-26-47/h4-28,30,32,34-42H,2,29,31,33H2,1,3H3/b18-4-. The van der Waals surface area contributed by atoms with E-state index in [0.29, 0.717) is 5.92 Å². The maximum absolute atomic E-state index is 4.41. The molecule has 0 amide bonds. The zero-order chi connectivity index (χ0) is 40.6. The molecule has 3 aliphatic rings. The molecule has 6 aromatic carbocycles. The number of anilines is 2. The number of nitrogens with zero attached hydrogens (tertiary/aromatic N) is 2. The van der Waals surface area contributed by atoms with Crippen molar-refractivity contribution in [1.29, 1.82) is 0 Å². The van der Waals surface area contributed by atoms with Gasteiger partial charge in [-0.3, -0.25) is 0 Å². The van der Waals surface area contributed by atoms with Crippen molar-refractivity contribution in [1.82, 2.24) is 4.57 Å². The predicted octanol–water partition coefficient (Wildman–Crippen LogP) is 15.3. The molecular formula is C58H50N2. The largest absolute Gasteiger partial charge is 0.311 e. The highest BCUT2D eigenvalue weighted by Gasteiger charge is 2.47. The van der Waals surface area contributed by atoms with E-state index in [-0.39, 0.29) is 5.92 Å². The Hall–Kier alpha value is -6.90. The quantitative estimate of drug-likeness (QED) is 0.142. The van der Waals surface area contributed by atoms with Gasteiger partial charge in [-0.1, -0.05) is 165 Å². The molecule has 0 spiro atoms. The molecule has 0 fully saturated rings. The summed E-state index contributed by atoms with van der Waals surface area (Å²) in [5, 5.41) is 2.57. The van der Waals surface area contributed by atoms with Crippen LogP contribution in [0.3, 0.4) is 0 Å². The molecule has 0 bridgehead atoms. The first-order valence-corrected chi connectivity index (χ1v) is 21.5. The van der Waals surface area contributed by atoms with Crippen LogP contribution < -0.4 is 4.90 Å². The lowest BCUT2D eigenvalue weighted by molar-refractivity contribution is 0.603. The van der Waals surface area contributed by atoms with Crippen LogP contribution >= 0.6 is 0 Å². The summed E-state index contributed by atoms with van der Waals surface area (Å²) >= 11 is 0. The molecule has 0 radical (unpaired) electrons. The highest BCUT2D eigenvalue weighted by Crippen LogP contribution is 2.58. The lowest BCUT2D eigenvalue weighted by atomic mass is 9.65. The Labute approximate surface area is 354 Å². The van der Waals surface area contributed by atoms with Gasteiger partial charge in [0.2, 0.25) is 0 Å². The van der Waals surface area contributed by atoms with E-state index in [4.69, 9.17) is 0 Å². The van der Waals surface area contributed by atoms with Crippen LogP contribution in [-0.2, 0) is 5.41 Å². The van der Waals surface area contributed by atoms with Gasteiger partial charge in [0.05, 0.1) is 16.4 Å². The van der Waals surface area contributed by atoms with Gasteiger partial charge in [-0.15, -0.1) is 0 Å². The SMILES string of the molecule is C=CC1=C(/C=C\C)C(C2=CC=CC(C)CC2)(c2ccccc2)c2cc(N(C3=CCC(c4ccc5c(c4)c4ccccc4n5-c4ccccc4)C=C3)c3ccccc3)ccc21. The average molecular weight is 775 g/mol. The number of rotatable bonds is 9. The monoisotopic (exact) mass is 774 g/mol. The molecule has 3 unspecified atom stereocenters. The fraction of sp³-hybridized carbons (Fsp3) is 0.138. The molecule has 0 N–H and O–H groups in total. The summed E-state index contributed by atoms with van der Waals surface area (Å²) in [6.45, 7) is 8.88. The fourth-order valence-electron chi connectivity index (χ4n) is 10.2. The van der Waals surface area contributed by atoms with Gasteiger partial charge in [0.15, 0.2) is 0 Å². The minimum absolute atomic E-state index is 0.265. The normalized spacial score (nSPS) is 20.0. The third-order valence-corrected chi connectivity index (χ3v) is 13.0. The molecule has 60 heavy (non-hydrogen) atoms. The van der Waals surface area contributed by atoms with Crippen molar-refractivity contribution in [3.63, 3.8) is 0 Å². The van der Waals surface area contributed by atoms with Crippen LogP contribution in [0.2, 0.25) is 0 Å². The van der Waals surface area contributed by atoms with E-state index in [1.165, 1.54) is 72.2 Å². The molecule has 0 saturated heterocycles. The van der Waals surface area contributed by atoms with Crippen LogP contribution in [0.4, 0.5) is 11.4 Å². The van der Waals surface area contributed by atoms with Gasteiger partial charge in [-0.25, -0.2) is 0 Å². The van der Waals surface area contributed by atoms with Gasteiger partial charge in [0, 0.05) is 39.4 Å². The van der Waals surface area contributed by atoms with Crippen molar-refractivity contribution in [2.75, 3.05) is 4.90 Å². The summed E-state index contributed by atoms with van der Waals surface area (Å²) in [7, 11) is 0. The second kappa shape index (κ2) is 15.7. The molecule has 0 aliphatic heterocycles. The van der Waals surface area contributed by atoms with Gasteiger partial charge in [0.1, 0.15) is 0 Å². The molecule has 0 saturated carbocycles. The van der Waals surface area contributed by atoms with Crippen molar-refractivity contribution in [3.8, 4) is 5.69 Å². The van der Waals surface area contributed by atoms with Crippen molar-refractivity contribution in [3.05, 3.63) is 252 Å². The molecule has 292 valence electrons. The Balaban J connectivity index is 1.08. The molecule has 3 aliphatic carbocycles. The fourth-order valence-corrected chi connectivity index (χ4v) is 10.2. The lowest BCUT2D eigenvalue weighted by Gasteiger charge is -2.38. The number of fused-ring (bicyclic) bond motifs is 4. The van der Waals surface area contributed by atoms with Gasteiger partial charge < -0.3 is 9.47 Å².